The predicted molar refractivity (Wildman–Crippen MR) is 139 cm³/mol. The highest BCUT2D eigenvalue weighted by Gasteiger charge is 2.24. The molecule has 0 bridgehead atoms. The van der Waals surface area contributed by atoms with Crippen molar-refractivity contribution in [1.82, 2.24) is 14.9 Å². The van der Waals surface area contributed by atoms with Crippen LogP contribution in [0.4, 0.5) is 5.69 Å². The van der Waals surface area contributed by atoms with Gasteiger partial charge in [0.05, 0.1) is 39.6 Å². The topological polar surface area (TPSA) is 67.3 Å². The molecular weight excluding hydrogens is 471 g/mol. The van der Waals surface area contributed by atoms with E-state index in [2.05, 4.69) is 29.3 Å². The number of ether oxygens (including phenoxy) is 1. The molecule has 1 fully saturated rings. The van der Waals surface area contributed by atoms with Crippen molar-refractivity contribution in [3.63, 3.8) is 0 Å². The third kappa shape index (κ3) is 5.29. The van der Waals surface area contributed by atoms with Crippen LogP contribution in [-0.2, 0) is 0 Å². The largest absolute Gasteiger partial charge is 0.494 e. The van der Waals surface area contributed by atoms with Gasteiger partial charge in [0.25, 0.3) is 0 Å². The minimum atomic E-state index is -0.0408. The monoisotopic (exact) mass is 500 g/mol. The number of pyridine rings is 2. The molecular formula is C26H30Cl2N4O2. The minimum Gasteiger partial charge on any atom is -0.494 e. The first-order chi connectivity index (χ1) is 16.3. The zero-order chi connectivity index (χ0) is 24.4. The van der Waals surface area contributed by atoms with E-state index in [0.29, 0.717) is 38.5 Å². The lowest BCUT2D eigenvalue weighted by Crippen LogP contribution is -2.31. The van der Waals surface area contributed by atoms with Gasteiger partial charge in [-0.05, 0) is 76.9 Å². The third-order valence-corrected chi connectivity index (χ3v) is 6.97. The molecule has 180 valence electrons. The summed E-state index contributed by atoms with van der Waals surface area (Å²) in [5.41, 5.74) is 4.16. The zero-order valence-electron chi connectivity index (χ0n) is 20.0. The molecule has 0 atom stereocenters. The Labute approximate surface area is 210 Å². The summed E-state index contributed by atoms with van der Waals surface area (Å²) in [7, 11) is 5.78. The van der Waals surface area contributed by atoms with Crippen molar-refractivity contribution in [2.45, 2.75) is 38.6 Å². The molecule has 2 aromatic heterocycles. The maximum Gasteiger partial charge on any atom is 0.163 e. The minimum absolute atomic E-state index is 0.0408. The van der Waals surface area contributed by atoms with E-state index in [0.717, 1.165) is 49.0 Å². The molecule has 6 nitrogen and oxygen atoms in total. The van der Waals surface area contributed by atoms with Gasteiger partial charge in [-0.2, -0.15) is 0 Å². The second kappa shape index (κ2) is 10.5. The number of carbonyl (C=O) groups is 1. The van der Waals surface area contributed by atoms with E-state index in [1.165, 1.54) is 7.11 Å². The molecule has 0 unspecified atom stereocenters. The number of methoxy groups -OCH3 is 1. The first-order valence-corrected chi connectivity index (χ1v) is 12.3. The number of benzene rings is 1. The van der Waals surface area contributed by atoms with E-state index in [1.807, 2.05) is 12.1 Å². The fraction of sp³-hybridized carbons (Fsp3) is 0.423. The lowest BCUT2D eigenvalue weighted by atomic mass is 9.85. The highest BCUT2D eigenvalue weighted by atomic mass is 35.5. The van der Waals surface area contributed by atoms with E-state index in [-0.39, 0.29) is 11.8 Å². The van der Waals surface area contributed by atoms with Crippen molar-refractivity contribution in [3.05, 3.63) is 46.1 Å². The first kappa shape index (κ1) is 24.7. The van der Waals surface area contributed by atoms with Gasteiger partial charge in [0.2, 0.25) is 0 Å². The van der Waals surface area contributed by atoms with Gasteiger partial charge in [-0.3, -0.25) is 9.78 Å². The molecule has 1 aromatic carbocycles. The number of anilines is 1. The molecule has 34 heavy (non-hydrogen) atoms. The number of hydrogen-bond donors (Lipinski definition) is 1. The van der Waals surface area contributed by atoms with Gasteiger partial charge in [0.1, 0.15) is 5.52 Å². The molecule has 1 aliphatic carbocycles. The van der Waals surface area contributed by atoms with Gasteiger partial charge in [-0.15, -0.1) is 0 Å². The molecule has 0 amide bonds. The fourth-order valence-electron chi connectivity index (χ4n) is 4.75. The third-order valence-electron chi connectivity index (χ3n) is 6.41. The highest BCUT2D eigenvalue weighted by Crippen LogP contribution is 2.38. The maximum absolute atomic E-state index is 12.5. The average molecular weight is 501 g/mol. The van der Waals surface area contributed by atoms with Crippen LogP contribution in [0.15, 0.2) is 30.5 Å². The Morgan fingerprint density at radius 2 is 1.82 bits per heavy atom. The molecule has 0 spiro atoms. The van der Waals surface area contributed by atoms with Gasteiger partial charge < -0.3 is 15.0 Å². The fourth-order valence-corrected chi connectivity index (χ4v) is 5.39. The molecule has 1 N–H and O–H groups in total. The van der Waals surface area contributed by atoms with Crippen molar-refractivity contribution in [3.8, 4) is 17.0 Å². The molecule has 2 heterocycles. The standard InChI is InChI=1S/C26H30Cl2N4O2/c1-15(33)19-13-29-23-10-9-22(17-11-20(27)26(34-4)21(28)12-17)31-25(23)24(19)30-18-7-5-16(6-8-18)14-32(2)3/h9-13,16,18H,5-8,14H2,1-4H3,(H,29,30). The molecule has 1 aliphatic rings. The summed E-state index contributed by atoms with van der Waals surface area (Å²) in [6.45, 7) is 2.68. The molecule has 0 saturated heterocycles. The van der Waals surface area contributed by atoms with Crippen molar-refractivity contribution in [2.24, 2.45) is 5.92 Å². The number of hydrogen-bond acceptors (Lipinski definition) is 6. The Morgan fingerprint density at radius 3 is 2.41 bits per heavy atom. The Balaban J connectivity index is 1.71. The molecule has 1 saturated carbocycles. The van der Waals surface area contributed by atoms with E-state index in [4.69, 9.17) is 32.9 Å². The number of carbonyl (C=O) groups excluding carboxylic acids is 1. The maximum atomic E-state index is 12.5. The van der Waals surface area contributed by atoms with Crippen molar-refractivity contribution in [2.75, 3.05) is 33.1 Å². The van der Waals surface area contributed by atoms with Crippen LogP contribution in [0, 0.1) is 5.92 Å². The van der Waals surface area contributed by atoms with Crippen LogP contribution in [0.1, 0.15) is 43.0 Å². The van der Waals surface area contributed by atoms with Gasteiger partial charge in [-0.1, -0.05) is 23.2 Å². The van der Waals surface area contributed by atoms with E-state index in [9.17, 15) is 4.79 Å². The zero-order valence-corrected chi connectivity index (χ0v) is 21.5. The van der Waals surface area contributed by atoms with E-state index >= 15 is 0 Å². The number of rotatable bonds is 7. The molecule has 0 radical (unpaired) electrons. The first-order valence-electron chi connectivity index (χ1n) is 11.5. The van der Waals surface area contributed by atoms with E-state index < -0.39 is 0 Å². The molecule has 0 aliphatic heterocycles. The van der Waals surface area contributed by atoms with Crippen LogP contribution in [0.3, 0.4) is 0 Å². The summed E-state index contributed by atoms with van der Waals surface area (Å²) in [6.07, 6.45) is 6.09. The molecule has 3 aromatic rings. The smallest absolute Gasteiger partial charge is 0.163 e. The lowest BCUT2D eigenvalue weighted by Gasteiger charge is -2.31. The van der Waals surface area contributed by atoms with Crippen LogP contribution < -0.4 is 10.1 Å². The summed E-state index contributed by atoms with van der Waals surface area (Å²) in [5, 5.41) is 4.48. The highest BCUT2D eigenvalue weighted by molar-refractivity contribution is 6.37. The Bertz CT molecular complexity index is 1180. The molecule has 8 heteroatoms. The number of nitrogens with zero attached hydrogens (tertiary/aromatic N) is 3. The number of Topliss-reactive ketones (excluding diaryl/α,β-unsaturated/α-hetero) is 1. The van der Waals surface area contributed by atoms with Crippen LogP contribution in [0.25, 0.3) is 22.3 Å². The second-order valence-corrected chi connectivity index (χ2v) is 10.1. The van der Waals surface area contributed by atoms with Gasteiger partial charge in [0.15, 0.2) is 11.5 Å². The average Bonchev–Trinajstić information content (AvgIpc) is 2.79. The van der Waals surface area contributed by atoms with Gasteiger partial charge >= 0.3 is 0 Å². The Morgan fingerprint density at radius 1 is 1.15 bits per heavy atom. The van der Waals surface area contributed by atoms with Crippen LogP contribution in [0.2, 0.25) is 10.0 Å². The van der Waals surface area contributed by atoms with Gasteiger partial charge in [-0.25, -0.2) is 4.98 Å². The van der Waals surface area contributed by atoms with Crippen molar-refractivity contribution in [1.29, 1.82) is 0 Å². The Kier molecular flexibility index (Phi) is 7.60. The second-order valence-electron chi connectivity index (χ2n) is 9.26. The number of ketones is 1. The number of aromatic nitrogens is 2. The summed E-state index contributed by atoms with van der Waals surface area (Å²) in [5.74, 6) is 1.10. The quantitative estimate of drug-likeness (QED) is 0.381. The SMILES string of the molecule is COc1c(Cl)cc(-c2ccc3ncc(C(C)=O)c(NC4CCC(CN(C)C)CC4)c3n2)cc1Cl. The summed E-state index contributed by atoms with van der Waals surface area (Å²) in [6, 6.07) is 7.64. The summed E-state index contributed by atoms with van der Waals surface area (Å²) < 4.78 is 5.27. The number of nitrogens with one attached hydrogen (secondary N) is 1. The van der Waals surface area contributed by atoms with Crippen molar-refractivity contribution < 1.29 is 9.53 Å². The van der Waals surface area contributed by atoms with Crippen LogP contribution in [-0.4, -0.2) is 54.4 Å². The van der Waals surface area contributed by atoms with Crippen LogP contribution in [0.5, 0.6) is 5.75 Å². The summed E-state index contributed by atoms with van der Waals surface area (Å²) >= 11 is 12.7. The summed E-state index contributed by atoms with van der Waals surface area (Å²) in [4.78, 5) is 24.1. The van der Waals surface area contributed by atoms with E-state index in [1.54, 1.807) is 25.3 Å². The number of fused-ring (bicyclic) bond motifs is 1. The van der Waals surface area contributed by atoms with Crippen molar-refractivity contribution >= 4 is 45.7 Å². The van der Waals surface area contributed by atoms with Gasteiger partial charge in [0, 0.05) is 24.3 Å². The number of halogens is 2. The van der Waals surface area contributed by atoms with Crippen LogP contribution >= 0.6 is 23.2 Å². The predicted octanol–water partition coefficient (Wildman–Crippen LogP) is 6.35. The lowest BCUT2D eigenvalue weighted by molar-refractivity contribution is 0.101. The normalized spacial score (nSPS) is 18.3. The molecule has 4 rings (SSSR count). The Hall–Kier alpha value is -2.41.